The average molecular weight is 246 g/mol. The zero-order chi connectivity index (χ0) is 13.3. The Balaban J connectivity index is 2.13. The fraction of sp³-hybridized carbons (Fsp3) is 0.533. The first-order valence-corrected chi connectivity index (χ1v) is 6.51. The highest BCUT2D eigenvalue weighted by Crippen LogP contribution is 2.17. The van der Waals surface area contributed by atoms with Crippen molar-refractivity contribution >= 4 is 5.91 Å². The molecule has 0 spiro atoms. The molecule has 2 rings (SSSR count). The van der Waals surface area contributed by atoms with E-state index in [1.54, 1.807) is 0 Å². The van der Waals surface area contributed by atoms with Gasteiger partial charge in [-0.3, -0.25) is 4.79 Å². The zero-order valence-corrected chi connectivity index (χ0v) is 11.7. The molecule has 3 heteroatoms. The van der Waals surface area contributed by atoms with Crippen molar-refractivity contribution in [2.75, 3.05) is 13.1 Å². The van der Waals surface area contributed by atoms with E-state index in [1.807, 2.05) is 18.7 Å². The third-order valence-corrected chi connectivity index (χ3v) is 3.72. The van der Waals surface area contributed by atoms with E-state index in [1.165, 1.54) is 16.7 Å². The fourth-order valence-electron chi connectivity index (χ4n) is 2.35. The van der Waals surface area contributed by atoms with Crippen molar-refractivity contribution in [1.29, 1.82) is 0 Å². The van der Waals surface area contributed by atoms with Gasteiger partial charge in [-0.1, -0.05) is 18.2 Å². The molecule has 1 aliphatic rings. The molecular weight excluding hydrogens is 224 g/mol. The number of nitrogens with zero attached hydrogens (tertiary/aromatic N) is 1. The van der Waals surface area contributed by atoms with Crippen molar-refractivity contribution in [2.24, 2.45) is 0 Å². The number of benzene rings is 1. The van der Waals surface area contributed by atoms with Crippen molar-refractivity contribution in [3.8, 4) is 0 Å². The molecule has 0 aromatic heterocycles. The lowest BCUT2D eigenvalue weighted by Gasteiger charge is -2.38. The summed E-state index contributed by atoms with van der Waals surface area (Å²) >= 11 is 0. The van der Waals surface area contributed by atoms with Crippen LogP contribution in [0.15, 0.2) is 18.2 Å². The Morgan fingerprint density at radius 1 is 1.28 bits per heavy atom. The minimum atomic E-state index is -0.433. The number of piperazine rings is 1. The number of amides is 1. The minimum absolute atomic E-state index is 0.187. The smallest absolute Gasteiger partial charge is 0.242 e. The van der Waals surface area contributed by atoms with Gasteiger partial charge < -0.3 is 10.2 Å². The van der Waals surface area contributed by atoms with Crippen LogP contribution < -0.4 is 5.32 Å². The molecule has 0 aliphatic carbocycles. The number of hydrogen-bond donors (Lipinski definition) is 1. The van der Waals surface area contributed by atoms with Crippen LogP contribution in [0.1, 0.15) is 30.5 Å². The van der Waals surface area contributed by atoms with Gasteiger partial charge in [0, 0.05) is 19.6 Å². The van der Waals surface area contributed by atoms with E-state index >= 15 is 0 Å². The maximum Gasteiger partial charge on any atom is 0.242 e. The Labute approximate surface area is 109 Å². The van der Waals surface area contributed by atoms with E-state index in [9.17, 15) is 4.79 Å². The van der Waals surface area contributed by atoms with Crippen LogP contribution in [0.3, 0.4) is 0 Å². The molecule has 98 valence electrons. The summed E-state index contributed by atoms with van der Waals surface area (Å²) in [7, 11) is 0. The van der Waals surface area contributed by atoms with Gasteiger partial charge in [-0.2, -0.15) is 0 Å². The molecule has 1 saturated heterocycles. The van der Waals surface area contributed by atoms with E-state index in [4.69, 9.17) is 0 Å². The number of aryl methyl sites for hydroxylation is 2. The first-order chi connectivity index (χ1) is 8.40. The number of carbonyl (C=O) groups is 1. The highest BCUT2D eigenvalue weighted by atomic mass is 16.2. The number of rotatable bonds is 2. The molecule has 1 aliphatic heterocycles. The van der Waals surface area contributed by atoms with Crippen LogP contribution in [0.5, 0.6) is 0 Å². The SMILES string of the molecule is Cc1ccc(CN2CCNC(C)(C)C2=O)cc1C. The first-order valence-electron chi connectivity index (χ1n) is 6.51. The van der Waals surface area contributed by atoms with Crippen molar-refractivity contribution in [1.82, 2.24) is 10.2 Å². The van der Waals surface area contributed by atoms with Gasteiger partial charge in [-0.05, 0) is 44.4 Å². The molecule has 3 nitrogen and oxygen atoms in total. The second-order valence-corrected chi connectivity index (χ2v) is 5.70. The normalized spacial score (nSPS) is 19.1. The molecule has 0 atom stereocenters. The second-order valence-electron chi connectivity index (χ2n) is 5.70. The van der Waals surface area contributed by atoms with E-state index in [2.05, 4.69) is 37.4 Å². The number of nitrogens with one attached hydrogen (secondary N) is 1. The Kier molecular flexibility index (Phi) is 3.44. The van der Waals surface area contributed by atoms with Crippen LogP contribution in [0.2, 0.25) is 0 Å². The Hall–Kier alpha value is -1.35. The summed E-state index contributed by atoms with van der Waals surface area (Å²) in [5, 5.41) is 3.25. The quantitative estimate of drug-likeness (QED) is 0.866. The molecule has 0 saturated carbocycles. The van der Waals surface area contributed by atoms with Crippen LogP contribution in [0, 0.1) is 13.8 Å². The molecule has 0 unspecified atom stereocenters. The largest absolute Gasteiger partial charge is 0.336 e. The lowest BCUT2D eigenvalue weighted by atomic mass is 9.99. The molecule has 1 aromatic rings. The molecule has 0 radical (unpaired) electrons. The van der Waals surface area contributed by atoms with Crippen LogP contribution in [0.4, 0.5) is 0 Å². The van der Waals surface area contributed by atoms with Crippen LogP contribution in [-0.2, 0) is 11.3 Å². The summed E-state index contributed by atoms with van der Waals surface area (Å²) in [5.41, 5.74) is 3.36. The van der Waals surface area contributed by atoms with Gasteiger partial charge in [-0.25, -0.2) is 0 Å². The predicted molar refractivity (Wildman–Crippen MR) is 73.4 cm³/mol. The highest BCUT2D eigenvalue weighted by Gasteiger charge is 2.34. The van der Waals surface area contributed by atoms with E-state index in [0.717, 1.165) is 13.1 Å². The molecule has 1 fully saturated rings. The summed E-state index contributed by atoms with van der Waals surface area (Å²) < 4.78 is 0. The highest BCUT2D eigenvalue weighted by molar-refractivity contribution is 5.86. The predicted octanol–water partition coefficient (Wildman–Crippen LogP) is 2.01. The standard InChI is InChI=1S/C15H22N2O/c1-11-5-6-13(9-12(11)2)10-17-8-7-16-15(3,4)14(17)18/h5-6,9,16H,7-8,10H2,1-4H3. The topological polar surface area (TPSA) is 32.3 Å². The summed E-state index contributed by atoms with van der Waals surface area (Å²) in [6, 6.07) is 6.42. The Morgan fingerprint density at radius 3 is 2.67 bits per heavy atom. The molecular formula is C15H22N2O. The van der Waals surface area contributed by atoms with Gasteiger partial charge in [0.05, 0.1) is 5.54 Å². The van der Waals surface area contributed by atoms with Crippen molar-refractivity contribution < 1.29 is 4.79 Å². The molecule has 18 heavy (non-hydrogen) atoms. The molecule has 1 heterocycles. The van der Waals surface area contributed by atoms with E-state index in [0.29, 0.717) is 6.54 Å². The lowest BCUT2D eigenvalue weighted by molar-refractivity contribution is -0.140. The summed E-state index contributed by atoms with van der Waals surface area (Å²) in [6.45, 7) is 10.5. The van der Waals surface area contributed by atoms with E-state index < -0.39 is 5.54 Å². The Bertz CT molecular complexity index is 466. The maximum absolute atomic E-state index is 12.3. The van der Waals surface area contributed by atoms with E-state index in [-0.39, 0.29) is 5.91 Å². The summed E-state index contributed by atoms with van der Waals surface area (Å²) in [5.74, 6) is 0.187. The Morgan fingerprint density at radius 2 is 2.00 bits per heavy atom. The van der Waals surface area contributed by atoms with Crippen LogP contribution >= 0.6 is 0 Å². The monoisotopic (exact) mass is 246 g/mol. The van der Waals surface area contributed by atoms with Crippen molar-refractivity contribution in [3.05, 3.63) is 34.9 Å². The zero-order valence-electron chi connectivity index (χ0n) is 11.7. The third-order valence-electron chi connectivity index (χ3n) is 3.72. The molecule has 1 amide bonds. The summed E-state index contributed by atoms with van der Waals surface area (Å²) in [6.07, 6.45) is 0. The fourth-order valence-corrected chi connectivity index (χ4v) is 2.35. The maximum atomic E-state index is 12.3. The average Bonchev–Trinajstić information content (AvgIpc) is 2.30. The van der Waals surface area contributed by atoms with Gasteiger partial charge >= 0.3 is 0 Å². The molecule has 1 N–H and O–H groups in total. The lowest BCUT2D eigenvalue weighted by Crippen LogP contribution is -2.60. The molecule has 1 aromatic carbocycles. The third kappa shape index (κ3) is 2.56. The van der Waals surface area contributed by atoms with Crippen LogP contribution in [-0.4, -0.2) is 29.4 Å². The van der Waals surface area contributed by atoms with Gasteiger partial charge in [0.2, 0.25) is 5.91 Å². The first kappa shape index (κ1) is 13.1. The van der Waals surface area contributed by atoms with Gasteiger partial charge in [0.15, 0.2) is 0 Å². The number of carbonyl (C=O) groups excluding carboxylic acids is 1. The van der Waals surface area contributed by atoms with Crippen molar-refractivity contribution in [3.63, 3.8) is 0 Å². The molecule has 0 bridgehead atoms. The van der Waals surface area contributed by atoms with Gasteiger partial charge in [-0.15, -0.1) is 0 Å². The van der Waals surface area contributed by atoms with Crippen molar-refractivity contribution in [2.45, 2.75) is 39.8 Å². The minimum Gasteiger partial charge on any atom is -0.336 e. The summed E-state index contributed by atoms with van der Waals surface area (Å²) in [4.78, 5) is 14.2. The second kappa shape index (κ2) is 4.73. The van der Waals surface area contributed by atoms with Crippen LogP contribution in [0.25, 0.3) is 0 Å². The van der Waals surface area contributed by atoms with Gasteiger partial charge in [0.25, 0.3) is 0 Å². The van der Waals surface area contributed by atoms with Gasteiger partial charge in [0.1, 0.15) is 0 Å². The number of hydrogen-bond acceptors (Lipinski definition) is 2.